The Morgan fingerprint density at radius 2 is 2.17 bits per heavy atom. The molecule has 0 saturated carbocycles. The molecule has 0 aliphatic rings. The molecule has 0 saturated heterocycles. The number of benzene rings is 1. The summed E-state index contributed by atoms with van der Waals surface area (Å²) in [7, 11) is 0. The summed E-state index contributed by atoms with van der Waals surface area (Å²) in [5.41, 5.74) is 1.64. The molecule has 1 aromatic carbocycles. The van der Waals surface area contributed by atoms with Gasteiger partial charge in [-0.15, -0.1) is 0 Å². The van der Waals surface area contributed by atoms with Gasteiger partial charge in [0.05, 0.1) is 0 Å². The lowest BCUT2D eigenvalue weighted by Crippen LogP contribution is -2.07. The van der Waals surface area contributed by atoms with E-state index in [4.69, 9.17) is 11.6 Å². The van der Waals surface area contributed by atoms with E-state index in [0.717, 1.165) is 5.56 Å². The second-order valence-electron chi connectivity index (χ2n) is 4.03. The van der Waals surface area contributed by atoms with Crippen molar-refractivity contribution in [3.63, 3.8) is 0 Å². The number of rotatable bonds is 3. The highest BCUT2D eigenvalue weighted by molar-refractivity contribution is 6.30. The average Bonchev–Trinajstić information content (AvgIpc) is 2.34. The van der Waals surface area contributed by atoms with Crippen LogP contribution in [0.2, 0.25) is 5.02 Å². The van der Waals surface area contributed by atoms with Crippen LogP contribution >= 0.6 is 11.6 Å². The van der Waals surface area contributed by atoms with E-state index in [-0.39, 0.29) is 12.2 Å². The summed E-state index contributed by atoms with van der Waals surface area (Å²) in [6.45, 7) is 1.82. The Bertz CT molecular complexity index is 598. The van der Waals surface area contributed by atoms with E-state index in [1.165, 1.54) is 24.4 Å². The van der Waals surface area contributed by atoms with Crippen molar-refractivity contribution in [2.75, 3.05) is 0 Å². The van der Waals surface area contributed by atoms with Crippen LogP contribution in [0.3, 0.4) is 0 Å². The number of carbonyl (C=O) groups excluding carboxylic acids is 1. The van der Waals surface area contributed by atoms with Crippen LogP contribution < -0.4 is 0 Å². The van der Waals surface area contributed by atoms with Crippen LogP contribution in [0.15, 0.2) is 36.7 Å². The Hall–Kier alpha value is -1.74. The highest BCUT2D eigenvalue weighted by Gasteiger charge is 2.13. The third-order valence-electron chi connectivity index (χ3n) is 2.70. The second kappa shape index (κ2) is 5.27. The lowest BCUT2D eigenvalue weighted by Gasteiger charge is -2.05. The topological polar surface area (TPSA) is 30.0 Å². The van der Waals surface area contributed by atoms with Crippen LogP contribution in [0.5, 0.6) is 0 Å². The smallest absolute Gasteiger partial charge is 0.169 e. The molecule has 0 radical (unpaired) electrons. The number of ketones is 1. The minimum atomic E-state index is -0.422. The van der Waals surface area contributed by atoms with Gasteiger partial charge >= 0.3 is 0 Å². The van der Waals surface area contributed by atoms with Gasteiger partial charge in [-0.1, -0.05) is 11.6 Å². The summed E-state index contributed by atoms with van der Waals surface area (Å²) in [5.74, 6) is -0.587. The lowest BCUT2D eigenvalue weighted by molar-refractivity contribution is 0.0991. The molecular formula is C14H11ClFNO. The summed E-state index contributed by atoms with van der Waals surface area (Å²) >= 11 is 5.79. The van der Waals surface area contributed by atoms with E-state index < -0.39 is 5.82 Å². The van der Waals surface area contributed by atoms with E-state index in [2.05, 4.69) is 4.98 Å². The normalized spacial score (nSPS) is 10.4. The van der Waals surface area contributed by atoms with Gasteiger partial charge in [-0.2, -0.15) is 0 Å². The zero-order valence-electron chi connectivity index (χ0n) is 9.78. The van der Waals surface area contributed by atoms with Crippen LogP contribution in [0, 0.1) is 12.7 Å². The molecule has 4 heteroatoms. The zero-order valence-corrected chi connectivity index (χ0v) is 10.5. The zero-order chi connectivity index (χ0) is 13.1. The molecule has 0 aliphatic heterocycles. The minimum absolute atomic E-state index is 0.0150. The molecule has 18 heavy (non-hydrogen) atoms. The third kappa shape index (κ3) is 2.74. The largest absolute Gasteiger partial charge is 0.294 e. The van der Waals surface area contributed by atoms with Gasteiger partial charge in [0.25, 0.3) is 0 Å². The summed E-state index contributed by atoms with van der Waals surface area (Å²) in [6.07, 6.45) is 3.10. The predicted molar refractivity (Wildman–Crippen MR) is 68.4 cm³/mol. The van der Waals surface area contributed by atoms with Crippen LogP contribution in [0.25, 0.3) is 0 Å². The third-order valence-corrected chi connectivity index (χ3v) is 2.93. The highest BCUT2D eigenvalue weighted by Crippen LogP contribution is 2.17. The number of halogens is 2. The minimum Gasteiger partial charge on any atom is -0.294 e. The van der Waals surface area contributed by atoms with Gasteiger partial charge in [0, 0.05) is 29.4 Å². The summed E-state index contributed by atoms with van der Waals surface area (Å²) in [6, 6.07) is 5.95. The molecule has 92 valence electrons. The first-order valence-electron chi connectivity index (χ1n) is 5.45. The van der Waals surface area contributed by atoms with Crippen molar-refractivity contribution in [2.24, 2.45) is 0 Å². The van der Waals surface area contributed by atoms with Gasteiger partial charge in [-0.25, -0.2) is 4.39 Å². The van der Waals surface area contributed by atoms with Gasteiger partial charge in [-0.3, -0.25) is 9.78 Å². The maximum atomic E-state index is 13.5. The molecule has 0 amide bonds. The molecular weight excluding hydrogens is 253 g/mol. The van der Waals surface area contributed by atoms with Crippen molar-refractivity contribution in [3.8, 4) is 0 Å². The average molecular weight is 264 g/mol. The number of pyridine rings is 1. The first-order chi connectivity index (χ1) is 8.58. The van der Waals surface area contributed by atoms with E-state index in [1.807, 2.05) is 6.92 Å². The Kier molecular flexibility index (Phi) is 3.72. The Balaban J connectivity index is 2.27. The van der Waals surface area contributed by atoms with E-state index in [1.54, 1.807) is 12.3 Å². The van der Waals surface area contributed by atoms with Crippen molar-refractivity contribution in [1.82, 2.24) is 4.98 Å². The summed E-state index contributed by atoms with van der Waals surface area (Å²) in [5, 5.41) is 0.419. The molecule has 1 aromatic heterocycles. The molecule has 2 nitrogen and oxygen atoms in total. The molecule has 0 N–H and O–H groups in total. The number of carbonyl (C=O) groups is 1. The van der Waals surface area contributed by atoms with Gasteiger partial charge in [-0.05, 0) is 42.3 Å². The maximum absolute atomic E-state index is 13.5. The maximum Gasteiger partial charge on any atom is 0.169 e. The standard InChI is InChI=1S/C14H11ClFNO/c1-9-4-5-17-8-12(9)14(18)7-10-6-11(15)2-3-13(10)16/h2-6,8H,7H2,1H3. The van der Waals surface area contributed by atoms with Crippen molar-refractivity contribution in [1.29, 1.82) is 0 Å². The Morgan fingerprint density at radius 1 is 1.39 bits per heavy atom. The van der Waals surface area contributed by atoms with E-state index >= 15 is 0 Å². The number of Topliss-reactive ketones (excluding diaryl/α,β-unsaturated/α-hetero) is 1. The first kappa shape index (κ1) is 12.7. The van der Waals surface area contributed by atoms with E-state index in [0.29, 0.717) is 16.1 Å². The van der Waals surface area contributed by atoms with Crippen LogP contribution in [-0.2, 0) is 6.42 Å². The number of aryl methyl sites for hydroxylation is 1. The van der Waals surface area contributed by atoms with Gasteiger partial charge in [0.15, 0.2) is 5.78 Å². The summed E-state index contributed by atoms with van der Waals surface area (Å²) < 4.78 is 13.5. The van der Waals surface area contributed by atoms with Gasteiger partial charge in [0.2, 0.25) is 0 Å². The fraction of sp³-hybridized carbons (Fsp3) is 0.143. The van der Waals surface area contributed by atoms with Crippen LogP contribution in [-0.4, -0.2) is 10.8 Å². The molecule has 0 aliphatic carbocycles. The summed E-state index contributed by atoms with van der Waals surface area (Å²) in [4.78, 5) is 16.0. The molecule has 0 fully saturated rings. The van der Waals surface area contributed by atoms with E-state index in [9.17, 15) is 9.18 Å². The molecule has 0 bridgehead atoms. The molecule has 0 unspecified atom stereocenters. The SMILES string of the molecule is Cc1ccncc1C(=O)Cc1cc(Cl)ccc1F. The molecule has 0 spiro atoms. The van der Waals surface area contributed by atoms with Crippen molar-refractivity contribution >= 4 is 17.4 Å². The van der Waals surface area contributed by atoms with Crippen molar-refractivity contribution in [2.45, 2.75) is 13.3 Å². The number of nitrogens with zero attached hydrogens (tertiary/aromatic N) is 1. The van der Waals surface area contributed by atoms with Crippen molar-refractivity contribution in [3.05, 3.63) is 64.2 Å². The fourth-order valence-electron chi connectivity index (χ4n) is 1.70. The van der Waals surface area contributed by atoms with Crippen LogP contribution in [0.4, 0.5) is 4.39 Å². The Morgan fingerprint density at radius 3 is 2.89 bits per heavy atom. The predicted octanol–water partition coefficient (Wildman–Crippen LogP) is 3.61. The van der Waals surface area contributed by atoms with Gasteiger partial charge < -0.3 is 0 Å². The number of hydrogen-bond acceptors (Lipinski definition) is 2. The quantitative estimate of drug-likeness (QED) is 0.792. The Labute approximate surface area is 109 Å². The first-order valence-corrected chi connectivity index (χ1v) is 5.83. The number of aromatic nitrogens is 1. The molecule has 1 heterocycles. The monoisotopic (exact) mass is 263 g/mol. The fourth-order valence-corrected chi connectivity index (χ4v) is 1.90. The lowest BCUT2D eigenvalue weighted by atomic mass is 10.0. The van der Waals surface area contributed by atoms with Crippen molar-refractivity contribution < 1.29 is 9.18 Å². The van der Waals surface area contributed by atoms with Crippen LogP contribution in [0.1, 0.15) is 21.5 Å². The molecule has 2 rings (SSSR count). The molecule has 0 atom stereocenters. The van der Waals surface area contributed by atoms with Gasteiger partial charge in [0.1, 0.15) is 5.82 Å². The number of hydrogen-bond donors (Lipinski definition) is 0. The second-order valence-corrected chi connectivity index (χ2v) is 4.46. The molecule has 2 aromatic rings. The highest BCUT2D eigenvalue weighted by atomic mass is 35.5.